The molecule has 0 aliphatic carbocycles. The zero-order valence-electron chi connectivity index (χ0n) is 13.4. The first-order valence-electron chi connectivity index (χ1n) is 8.20. The molecule has 3 atom stereocenters. The smallest absolute Gasteiger partial charge is 0.261 e. The van der Waals surface area contributed by atoms with Gasteiger partial charge in [0.15, 0.2) is 0 Å². The highest BCUT2D eigenvalue weighted by Crippen LogP contribution is 2.31. The van der Waals surface area contributed by atoms with Crippen LogP contribution in [0.3, 0.4) is 0 Å². The predicted octanol–water partition coefficient (Wildman–Crippen LogP) is 1.69. The van der Waals surface area contributed by atoms with E-state index in [1.165, 1.54) is 29.9 Å². The summed E-state index contributed by atoms with van der Waals surface area (Å²) in [6, 6.07) is 11.2. The van der Waals surface area contributed by atoms with Crippen LogP contribution in [0.4, 0.5) is 0 Å². The molecule has 132 valence electrons. The van der Waals surface area contributed by atoms with E-state index in [1.54, 1.807) is 12.1 Å². The Morgan fingerprint density at radius 2 is 1.92 bits per heavy atom. The minimum Gasteiger partial charge on any atom is -0.347 e. The molecule has 0 spiro atoms. The van der Waals surface area contributed by atoms with Crippen LogP contribution < -0.4 is 15.8 Å². The number of hydrogen-bond donors (Lipinski definition) is 3. The molecule has 6 nitrogen and oxygen atoms in total. The van der Waals surface area contributed by atoms with Gasteiger partial charge in [-0.1, -0.05) is 12.1 Å². The molecule has 4 N–H and O–H groups in total. The Bertz CT molecular complexity index is 905. The lowest BCUT2D eigenvalue weighted by Gasteiger charge is -2.20. The fraction of sp³-hybridized carbons (Fsp3) is 0.353. The zero-order chi connectivity index (χ0) is 17.6. The fourth-order valence-electron chi connectivity index (χ4n) is 3.65. The van der Waals surface area contributed by atoms with E-state index < -0.39 is 10.0 Å². The number of benzene rings is 1. The molecule has 2 fully saturated rings. The third-order valence-electron chi connectivity index (χ3n) is 4.91. The Morgan fingerprint density at radius 3 is 2.52 bits per heavy atom. The van der Waals surface area contributed by atoms with Gasteiger partial charge in [-0.3, -0.25) is 4.79 Å². The van der Waals surface area contributed by atoms with Gasteiger partial charge < -0.3 is 10.6 Å². The van der Waals surface area contributed by atoms with Crippen molar-refractivity contribution < 1.29 is 13.2 Å². The van der Waals surface area contributed by atoms with Gasteiger partial charge >= 0.3 is 0 Å². The molecule has 4 rings (SSSR count). The maximum atomic E-state index is 12.5. The van der Waals surface area contributed by atoms with Crippen molar-refractivity contribution in [3.8, 4) is 10.4 Å². The van der Waals surface area contributed by atoms with E-state index >= 15 is 0 Å². The molecule has 2 aliphatic heterocycles. The van der Waals surface area contributed by atoms with Crippen molar-refractivity contribution in [1.29, 1.82) is 0 Å². The Labute approximate surface area is 150 Å². The van der Waals surface area contributed by atoms with Gasteiger partial charge in [0.1, 0.15) is 0 Å². The molecule has 0 radical (unpaired) electrons. The second-order valence-corrected chi connectivity index (χ2v) is 9.24. The monoisotopic (exact) mass is 377 g/mol. The molecule has 0 saturated carbocycles. The number of nitrogens with one attached hydrogen (secondary N) is 2. The third-order valence-corrected chi connectivity index (χ3v) is 6.98. The molecule has 1 aromatic heterocycles. The molecular formula is C17H19N3O3S2. The van der Waals surface area contributed by atoms with Crippen LogP contribution in [0.15, 0.2) is 41.3 Å². The van der Waals surface area contributed by atoms with E-state index in [9.17, 15) is 13.2 Å². The topological polar surface area (TPSA) is 101 Å². The van der Waals surface area contributed by atoms with Gasteiger partial charge in [-0.25, -0.2) is 13.6 Å². The number of nitrogens with two attached hydrogens (primary N) is 1. The largest absolute Gasteiger partial charge is 0.347 e. The van der Waals surface area contributed by atoms with Gasteiger partial charge in [0.25, 0.3) is 5.91 Å². The van der Waals surface area contributed by atoms with E-state index in [0.29, 0.717) is 17.0 Å². The Balaban J connectivity index is 1.47. The van der Waals surface area contributed by atoms with E-state index in [4.69, 9.17) is 5.14 Å². The number of carbonyl (C=O) groups is 1. The summed E-state index contributed by atoms with van der Waals surface area (Å²) in [4.78, 5) is 14.1. The first-order chi connectivity index (χ1) is 11.9. The highest BCUT2D eigenvalue weighted by molar-refractivity contribution is 7.89. The van der Waals surface area contributed by atoms with E-state index in [0.717, 1.165) is 23.3 Å². The molecule has 1 amide bonds. The number of hydrogen-bond acceptors (Lipinski definition) is 5. The minimum absolute atomic E-state index is 0.0447. The molecule has 25 heavy (non-hydrogen) atoms. The Kier molecular flexibility index (Phi) is 4.15. The van der Waals surface area contributed by atoms with Gasteiger partial charge in [-0.2, -0.15) is 0 Å². The average Bonchev–Trinajstić information content (AvgIpc) is 3.30. The van der Waals surface area contributed by atoms with Gasteiger partial charge in [-0.15, -0.1) is 11.3 Å². The number of carbonyl (C=O) groups excluding carboxylic acids is 1. The standard InChI is InChI=1S/C17H19N3O3S2/c18-25(22,23)12-4-1-10(2-5-12)15-7-8-16(24-15)17(21)20-14-9-11-3-6-13(14)19-11/h1-2,4-5,7-8,11,13-14,19H,3,6,9H2,(H,20,21)(H2,18,22,23)/t11-,13+,14-/m1/s1. The van der Waals surface area contributed by atoms with Crippen molar-refractivity contribution in [2.24, 2.45) is 5.14 Å². The summed E-state index contributed by atoms with van der Waals surface area (Å²) in [5.41, 5.74) is 0.859. The lowest BCUT2D eigenvalue weighted by Crippen LogP contribution is -2.42. The van der Waals surface area contributed by atoms with Crippen LogP contribution in [0, 0.1) is 0 Å². The summed E-state index contributed by atoms with van der Waals surface area (Å²) < 4.78 is 22.6. The van der Waals surface area contributed by atoms with Crippen LogP contribution in [-0.2, 0) is 10.0 Å². The number of amides is 1. The second kappa shape index (κ2) is 6.21. The van der Waals surface area contributed by atoms with E-state index in [-0.39, 0.29) is 16.8 Å². The Morgan fingerprint density at radius 1 is 1.16 bits per heavy atom. The highest BCUT2D eigenvalue weighted by atomic mass is 32.2. The van der Waals surface area contributed by atoms with Crippen molar-refractivity contribution in [2.45, 2.75) is 42.3 Å². The first kappa shape index (κ1) is 16.7. The lowest BCUT2D eigenvalue weighted by molar-refractivity contribution is 0.0935. The first-order valence-corrected chi connectivity index (χ1v) is 10.6. The van der Waals surface area contributed by atoms with Crippen LogP contribution in [0.25, 0.3) is 10.4 Å². The maximum Gasteiger partial charge on any atom is 0.261 e. The second-order valence-electron chi connectivity index (χ2n) is 6.60. The van der Waals surface area contributed by atoms with Gasteiger partial charge in [-0.05, 0) is 49.1 Å². The third kappa shape index (κ3) is 3.35. The molecule has 2 aliphatic rings. The summed E-state index contributed by atoms with van der Waals surface area (Å²) in [5.74, 6) is -0.0447. The van der Waals surface area contributed by atoms with Crippen LogP contribution in [0.5, 0.6) is 0 Å². The van der Waals surface area contributed by atoms with Crippen LogP contribution >= 0.6 is 11.3 Å². The van der Waals surface area contributed by atoms with Crippen LogP contribution in [0.1, 0.15) is 28.9 Å². The fourth-order valence-corrected chi connectivity index (χ4v) is 5.08. The SMILES string of the molecule is NS(=O)(=O)c1ccc(-c2ccc(C(=O)N[C@@H]3C[C@H]4CC[C@@H]3N4)s2)cc1. The molecule has 2 saturated heterocycles. The minimum atomic E-state index is -3.69. The van der Waals surface area contributed by atoms with Crippen LogP contribution in [0.2, 0.25) is 0 Å². The van der Waals surface area contributed by atoms with Crippen molar-refractivity contribution in [1.82, 2.24) is 10.6 Å². The van der Waals surface area contributed by atoms with Gasteiger partial charge in [0, 0.05) is 23.0 Å². The molecule has 2 aromatic rings. The molecule has 1 aromatic carbocycles. The molecular weight excluding hydrogens is 358 g/mol. The molecule has 8 heteroatoms. The van der Waals surface area contributed by atoms with Crippen molar-refractivity contribution in [3.63, 3.8) is 0 Å². The maximum absolute atomic E-state index is 12.5. The van der Waals surface area contributed by atoms with Crippen LogP contribution in [-0.4, -0.2) is 32.5 Å². The number of primary sulfonamides is 1. The molecule has 2 bridgehead atoms. The number of fused-ring (bicyclic) bond motifs is 2. The zero-order valence-corrected chi connectivity index (χ0v) is 15.1. The van der Waals surface area contributed by atoms with E-state index in [1.807, 2.05) is 12.1 Å². The van der Waals surface area contributed by atoms with E-state index in [2.05, 4.69) is 10.6 Å². The summed E-state index contributed by atoms with van der Waals surface area (Å²) >= 11 is 1.40. The van der Waals surface area contributed by atoms with Gasteiger partial charge in [0.2, 0.25) is 10.0 Å². The number of thiophene rings is 1. The molecule has 0 unspecified atom stereocenters. The quantitative estimate of drug-likeness (QED) is 0.754. The lowest BCUT2D eigenvalue weighted by atomic mass is 9.95. The predicted molar refractivity (Wildman–Crippen MR) is 96.9 cm³/mol. The average molecular weight is 377 g/mol. The number of rotatable bonds is 4. The van der Waals surface area contributed by atoms with Crippen molar-refractivity contribution in [2.75, 3.05) is 0 Å². The Hall–Kier alpha value is -1.74. The summed E-state index contributed by atoms with van der Waals surface area (Å²) in [5, 5.41) is 11.8. The normalized spacial score (nSPS) is 25.2. The summed E-state index contributed by atoms with van der Waals surface area (Å²) in [6.07, 6.45) is 3.33. The van der Waals surface area contributed by atoms with Gasteiger partial charge in [0.05, 0.1) is 9.77 Å². The summed E-state index contributed by atoms with van der Waals surface area (Å²) in [6.45, 7) is 0. The van der Waals surface area contributed by atoms with Crippen molar-refractivity contribution in [3.05, 3.63) is 41.3 Å². The number of sulfonamides is 1. The molecule has 3 heterocycles. The summed E-state index contributed by atoms with van der Waals surface area (Å²) in [7, 11) is -3.69. The van der Waals surface area contributed by atoms with Crippen molar-refractivity contribution >= 4 is 27.3 Å². The highest BCUT2D eigenvalue weighted by Gasteiger charge is 2.39.